The molecule has 4 N–H and O–H groups in total. The molecule has 0 bridgehead atoms. The average molecular weight is 513 g/mol. The number of nitrogens with one attached hydrogen (secondary N) is 4. The Morgan fingerprint density at radius 3 is 2.47 bits per heavy atom. The van der Waals surface area contributed by atoms with Gasteiger partial charge in [-0.25, -0.2) is 4.98 Å². The van der Waals surface area contributed by atoms with Crippen LogP contribution in [0.25, 0.3) is 0 Å². The monoisotopic (exact) mass is 512 g/mol. The van der Waals surface area contributed by atoms with Gasteiger partial charge in [0.15, 0.2) is 11.6 Å². The topological polar surface area (TPSA) is 158 Å². The van der Waals surface area contributed by atoms with Gasteiger partial charge in [0.1, 0.15) is 11.8 Å². The minimum absolute atomic E-state index is 0.00590. The summed E-state index contributed by atoms with van der Waals surface area (Å²) in [6.07, 6.45) is 3.43. The molecule has 2 rings (SSSR count). The fourth-order valence-electron chi connectivity index (χ4n) is 3.24. The Balaban J connectivity index is 1.90. The Hall–Kier alpha value is -3.60. The minimum Gasteiger partial charge on any atom is -0.360 e. The van der Waals surface area contributed by atoms with Crippen LogP contribution in [0.2, 0.25) is 0 Å². The average Bonchev–Trinajstić information content (AvgIpc) is 2.87. The van der Waals surface area contributed by atoms with E-state index in [9.17, 15) is 19.2 Å². The van der Waals surface area contributed by atoms with Crippen molar-refractivity contribution >= 4 is 46.5 Å². The summed E-state index contributed by atoms with van der Waals surface area (Å²) in [4.78, 5) is 53.0. The van der Waals surface area contributed by atoms with Crippen molar-refractivity contribution in [3.05, 3.63) is 58.6 Å². The second kappa shape index (κ2) is 14.7. The standard InChI is InChI=1S/C25H32N6O4S/c1-3-22(24(34)30-13-19(33)16-36-15-18-7-5-4-6-8-18)31-12-11-28-23(25(31)35)29-14-21(27)20(26)10-9-17(2)32/h4-8,11-12,22,26-27H,3,9-10,13-16H2,1-2H3,(H,28,29)(H,30,34). The second-order valence-corrected chi connectivity index (χ2v) is 9.15. The van der Waals surface area contributed by atoms with Crippen LogP contribution in [0, 0.1) is 10.8 Å². The van der Waals surface area contributed by atoms with Gasteiger partial charge in [-0.3, -0.25) is 19.0 Å². The molecule has 1 amide bonds. The Labute approximate surface area is 214 Å². The summed E-state index contributed by atoms with van der Waals surface area (Å²) in [6, 6.07) is 8.96. The van der Waals surface area contributed by atoms with E-state index in [1.165, 1.54) is 35.6 Å². The van der Waals surface area contributed by atoms with E-state index in [1.54, 1.807) is 6.92 Å². The number of ketones is 2. The number of thioether (sulfide) groups is 1. The maximum atomic E-state index is 12.9. The Morgan fingerprint density at radius 1 is 1.08 bits per heavy atom. The van der Waals surface area contributed by atoms with E-state index in [0.29, 0.717) is 12.2 Å². The molecule has 1 heterocycles. The third-order valence-corrected chi connectivity index (χ3v) is 6.32. The quantitative estimate of drug-likeness (QED) is 0.252. The van der Waals surface area contributed by atoms with Gasteiger partial charge in [-0.2, -0.15) is 0 Å². The maximum absolute atomic E-state index is 12.9. The highest BCUT2D eigenvalue weighted by Crippen LogP contribution is 2.12. The van der Waals surface area contributed by atoms with Gasteiger partial charge < -0.3 is 26.2 Å². The van der Waals surface area contributed by atoms with Crippen molar-refractivity contribution < 1.29 is 14.4 Å². The second-order valence-electron chi connectivity index (χ2n) is 8.16. The first kappa shape index (κ1) is 28.6. The highest BCUT2D eigenvalue weighted by Gasteiger charge is 2.21. The molecular formula is C25H32N6O4S. The molecule has 0 fully saturated rings. The van der Waals surface area contributed by atoms with Crippen molar-refractivity contribution in [3.8, 4) is 0 Å². The third kappa shape index (κ3) is 9.21. The normalized spacial score (nSPS) is 11.4. The minimum atomic E-state index is -0.834. The number of anilines is 1. The molecule has 1 atom stereocenters. The van der Waals surface area contributed by atoms with Crippen molar-refractivity contribution in [2.24, 2.45) is 0 Å². The number of carbonyl (C=O) groups excluding carboxylic acids is 3. The summed E-state index contributed by atoms with van der Waals surface area (Å²) in [5, 5.41) is 21.2. The van der Waals surface area contributed by atoms with Crippen LogP contribution in [0.5, 0.6) is 0 Å². The van der Waals surface area contributed by atoms with E-state index < -0.39 is 17.5 Å². The number of nitrogens with zero attached hydrogens (tertiary/aromatic N) is 2. The molecule has 1 aromatic heterocycles. The van der Waals surface area contributed by atoms with Gasteiger partial charge in [0.05, 0.1) is 30.3 Å². The summed E-state index contributed by atoms with van der Waals surface area (Å²) in [6.45, 7) is 2.95. The molecule has 11 heteroatoms. The first-order chi connectivity index (χ1) is 17.2. The first-order valence-corrected chi connectivity index (χ1v) is 12.7. The molecule has 0 saturated heterocycles. The molecular weight excluding hydrogens is 480 g/mol. The number of hydrogen-bond donors (Lipinski definition) is 4. The van der Waals surface area contributed by atoms with E-state index >= 15 is 0 Å². The van der Waals surface area contributed by atoms with E-state index in [1.807, 2.05) is 30.3 Å². The van der Waals surface area contributed by atoms with Crippen LogP contribution in [0.3, 0.4) is 0 Å². The van der Waals surface area contributed by atoms with Crippen LogP contribution in [0.4, 0.5) is 5.82 Å². The van der Waals surface area contributed by atoms with Gasteiger partial charge in [-0.1, -0.05) is 37.3 Å². The highest BCUT2D eigenvalue weighted by molar-refractivity contribution is 7.99. The zero-order valence-corrected chi connectivity index (χ0v) is 21.3. The summed E-state index contributed by atoms with van der Waals surface area (Å²) < 4.78 is 1.24. The lowest BCUT2D eigenvalue weighted by Crippen LogP contribution is -2.40. The SMILES string of the molecule is CCC(C(=O)NCC(=O)CSCc1ccccc1)n1ccnc(NCC(=N)C(=N)CCC(C)=O)c1=O. The van der Waals surface area contributed by atoms with Crippen molar-refractivity contribution in [1.29, 1.82) is 10.8 Å². The van der Waals surface area contributed by atoms with Crippen LogP contribution in [0.1, 0.15) is 44.7 Å². The Morgan fingerprint density at radius 2 is 1.81 bits per heavy atom. The predicted octanol–water partition coefficient (Wildman–Crippen LogP) is 2.63. The summed E-state index contributed by atoms with van der Waals surface area (Å²) >= 11 is 1.47. The van der Waals surface area contributed by atoms with Gasteiger partial charge in [0.25, 0.3) is 5.56 Å². The maximum Gasteiger partial charge on any atom is 0.294 e. The number of benzene rings is 1. The van der Waals surface area contributed by atoms with E-state index in [4.69, 9.17) is 10.8 Å². The lowest BCUT2D eigenvalue weighted by Gasteiger charge is -2.18. The molecule has 10 nitrogen and oxygen atoms in total. The van der Waals surface area contributed by atoms with Gasteiger partial charge in [-0.15, -0.1) is 11.8 Å². The summed E-state index contributed by atoms with van der Waals surface area (Å²) in [7, 11) is 0. The van der Waals surface area contributed by atoms with Crippen molar-refractivity contribution in [3.63, 3.8) is 0 Å². The van der Waals surface area contributed by atoms with Crippen LogP contribution in [0.15, 0.2) is 47.5 Å². The van der Waals surface area contributed by atoms with Crippen LogP contribution in [-0.4, -0.2) is 57.3 Å². The number of carbonyl (C=O) groups is 3. The van der Waals surface area contributed by atoms with Gasteiger partial charge in [-0.05, 0) is 25.3 Å². The zero-order chi connectivity index (χ0) is 26.5. The number of rotatable bonds is 16. The molecule has 1 unspecified atom stereocenters. The summed E-state index contributed by atoms with van der Waals surface area (Å²) in [5.74, 6) is 0.286. The fourth-order valence-corrected chi connectivity index (χ4v) is 4.10. The van der Waals surface area contributed by atoms with Crippen molar-refractivity contribution in [1.82, 2.24) is 14.9 Å². The van der Waals surface area contributed by atoms with Crippen LogP contribution >= 0.6 is 11.8 Å². The molecule has 0 saturated carbocycles. The molecule has 0 spiro atoms. The Bertz CT molecular complexity index is 1150. The molecule has 192 valence electrons. The molecule has 1 aromatic carbocycles. The predicted molar refractivity (Wildman–Crippen MR) is 142 cm³/mol. The van der Waals surface area contributed by atoms with E-state index in [-0.39, 0.29) is 60.5 Å². The number of Topliss-reactive ketones (excluding diaryl/α,β-unsaturated/α-hetero) is 2. The van der Waals surface area contributed by atoms with Crippen molar-refractivity contribution in [2.75, 3.05) is 24.2 Å². The lowest BCUT2D eigenvalue weighted by molar-refractivity contribution is -0.127. The number of amides is 1. The molecule has 36 heavy (non-hydrogen) atoms. The lowest BCUT2D eigenvalue weighted by atomic mass is 10.1. The molecule has 0 aliphatic heterocycles. The van der Waals surface area contributed by atoms with Crippen molar-refractivity contribution in [2.45, 2.75) is 44.9 Å². The fraction of sp³-hybridized carbons (Fsp3) is 0.400. The number of aromatic nitrogens is 2. The largest absolute Gasteiger partial charge is 0.360 e. The van der Waals surface area contributed by atoms with Gasteiger partial charge in [0, 0.05) is 24.6 Å². The molecule has 0 aliphatic rings. The molecule has 2 aromatic rings. The van der Waals surface area contributed by atoms with E-state index in [2.05, 4.69) is 15.6 Å². The van der Waals surface area contributed by atoms with Gasteiger partial charge in [0.2, 0.25) is 5.91 Å². The van der Waals surface area contributed by atoms with Crippen LogP contribution < -0.4 is 16.2 Å². The zero-order valence-electron chi connectivity index (χ0n) is 20.5. The molecule has 0 aliphatic carbocycles. The third-order valence-electron chi connectivity index (χ3n) is 5.25. The van der Waals surface area contributed by atoms with Crippen LogP contribution in [-0.2, 0) is 20.1 Å². The smallest absolute Gasteiger partial charge is 0.294 e. The summed E-state index contributed by atoms with van der Waals surface area (Å²) in [5.41, 5.74) is 0.523. The highest BCUT2D eigenvalue weighted by atomic mass is 32.2. The Kier molecular flexibility index (Phi) is 11.7. The van der Waals surface area contributed by atoms with E-state index in [0.717, 1.165) is 5.56 Å². The first-order valence-electron chi connectivity index (χ1n) is 11.6. The van der Waals surface area contributed by atoms with Gasteiger partial charge >= 0.3 is 0 Å². The number of hydrogen-bond acceptors (Lipinski definition) is 9. The molecule has 0 radical (unpaired) electrons.